The van der Waals surface area contributed by atoms with E-state index in [1.807, 2.05) is 48.5 Å². The van der Waals surface area contributed by atoms with Gasteiger partial charge >= 0.3 is 0 Å². The van der Waals surface area contributed by atoms with Crippen LogP contribution in [0.15, 0.2) is 90.1 Å². The predicted molar refractivity (Wildman–Crippen MR) is 161 cm³/mol. The van der Waals surface area contributed by atoms with Gasteiger partial charge in [-0.3, -0.25) is 0 Å². The Hall–Kier alpha value is -4.36. The summed E-state index contributed by atoms with van der Waals surface area (Å²) in [4.78, 5) is 4.86. The Morgan fingerprint density at radius 3 is 2.49 bits per heavy atom. The first-order chi connectivity index (χ1) is 20.0. The summed E-state index contributed by atoms with van der Waals surface area (Å²) >= 11 is 6.09. The molecule has 3 N–H and O–H groups in total. The number of oxime groups is 1. The Labute approximate surface area is 242 Å². The molecule has 0 aliphatic heterocycles. The van der Waals surface area contributed by atoms with Crippen molar-refractivity contribution in [2.75, 3.05) is 0 Å². The fourth-order valence-corrected chi connectivity index (χ4v) is 5.84. The number of nitrogens with zero attached hydrogens (tertiary/aromatic N) is 3. The van der Waals surface area contributed by atoms with Crippen molar-refractivity contribution in [3.05, 3.63) is 107 Å². The number of para-hydroxylation sites is 2. The molecule has 8 heteroatoms. The molecule has 0 amide bonds. The van der Waals surface area contributed by atoms with E-state index in [9.17, 15) is 5.21 Å². The first-order valence-corrected chi connectivity index (χ1v) is 14.2. The number of nitrogens with two attached hydrogens (primary N) is 1. The maximum atomic E-state index is 15.7. The molecule has 6 rings (SSSR count). The van der Waals surface area contributed by atoms with Gasteiger partial charge in [0.2, 0.25) is 0 Å². The third-order valence-corrected chi connectivity index (χ3v) is 8.03. The van der Waals surface area contributed by atoms with Crippen molar-refractivity contribution in [2.24, 2.45) is 10.9 Å². The minimum absolute atomic E-state index is 0.00911. The van der Waals surface area contributed by atoms with Crippen molar-refractivity contribution in [2.45, 2.75) is 44.8 Å². The van der Waals surface area contributed by atoms with E-state index in [0.29, 0.717) is 33.8 Å². The molecule has 5 aromatic rings. The molecular formula is C33H30ClFN4O2. The molecule has 1 heterocycles. The number of hydrogen-bond donors (Lipinski definition) is 2. The van der Waals surface area contributed by atoms with Crippen LogP contribution in [-0.4, -0.2) is 20.6 Å². The lowest BCUT2D eigenvalue weighted by Crippen LogP contribution is -2.14. The molecule has 0 unspecified atom stereocenters. The van der Waals surface area contributed by atoms with Crippen molar-refractivity contribution in [1.29, 1.82) is 0 Å². The van der Waals surface area contributed by atoms with Gasteiger partial charge in [-0.2, -0.15) is 0 Å². The Morgan fingerprint density at radius 2 is 1.73 bits per heavy atom. The number of imidazole rings is 1. The molecular weight excluding hydrogens is 539 g/mol. The smallest absolute Gasteiger partial charge is 0.170 e. The zero-order valence-corrected chi connectivity index (χ0v) is 23.2. The van der Waals surface area contributed by atoms with Crippen LogP contribution in [0, 0.1) is 5.82 Å². The Kier molecular flexibility index (Phi) is 7.61. The molecule has 1 saturated carbocycles. The van der Waals surface area contributed by atoms with Gasteiger partial charge in [0.25, 0.3) is 0 Å². The summed E-state index contributed by atoms with van der Waals surface area (Å²) in [5.41, 5.74) is 11.4. The summed E-state index contributed by atoms with van der Waals surface area (Å²) in [5, 5.41) is 12.9. The molecule has 208 valence electrons. The number of halogens is 2. The van der Waals surface area contributed by atoms with Crippen molar-refractivity contribution in [1.82, 2.24) is 9.55 Å². The van der Waals surface area contributed by atoms with Crippen molar-refractivity contribution < 1.29 is 14.3 Å². The van der Waals surface area contributed by atoms with Gasteiger partial charge in [0.1, 0.15) is 24.0 Å². The zero-order valence-electron chi connectivity index (χ0n) is 22.4. The lowest BCUT2D eigenvalue weighted by molar-refractivity contribution is 0.305. The minimum Gasteiger partial charge on any atom is -0.489 e. The lowest BCUT2D eigenvalue weighted by Gasteiger charge is -2.25. The second kappa shape index (κ2) is 11.6. The highest BCUT2D eigenvalue weighted by molar-refractivity contribution is 6.30. The largest absolute Gasteiger partial charge is 0.489 e. The predicted octanol–water partition coefficient (Wildman–Crippen LogP) is 8.34. The third kappa shape index (κ3) is 5.50. The molecule has 1 aliphatic rings. The van der Waals surface area contributed by atoms with E-state index in [1.54, 1.807) is 24.3 Å². The number of benzene rings is 4. The first-order valence-electron chi connectivity index (χ1n) is 13.8. The van der Waals surface area contributed by atoms with Crippen LogP contribution >= 0.6 is 11.6 Å². The van der Waals surface area contributed by atoms with E-state index in [4.69, 9.17) is 27.1 Å². The van der Waals surface area contributed by atoms with Crippen molar-refractivity contribution >= 4 is 28.5 Å². The second-order valence-corrected chi connectivity index (χ2v) is 10.8. The Balaban J connectivity index is 1.31. The van der Waals surface area contributed by atoms with Crippen LogP contribution in [0.2, 0.25) is 5.02 Å². The molecule has 4 aromatic carbocycles. The van der Waals surface area contributed by atoms with Crippen LogP contribution in [0.25, 0.3) is 33.5 Å². The summed E-state index contributed by atoms with van der Waals surface area (Å²) in [6.45, 7) is 0.143. The van der Waals surface area contributed by atoms with E-state index in [2.05, 4.69) is 15.8 Å². The molecule has 0 spiro atoms. The number of fused-ring (bicyclic) bond motifs is 1. The Bertz CT molecular complexity index is 1730. The maximum Gasteiger partial charge on any atom is 0.170 e. The molecule has 1 fully saturated rings. The molecule has 0 radical (unpaired) electrons. The summed E-state index contributed by atoms with van der Waals surface area (Å²) in [7, 11) is 0. The fourth-order valence-electron chi connectivity index (χ4n) is 5.71. The average molecular weight is 569 g/mol. The SMILES string of the molecule is N/C(=N\O)c1ccc(-c2ccc(Cl)cc2)c(COc2ccc(-c3nc4ccccc4n3C3CCCCC3)c(F)c2)c1. The van der Waals surface area contributed by atoms with E-state index in [1.165, 1.54) is 25.3 Å². The van der Waals surface area contributed by atoms with Gasteiger partial charge in [-0.25, -0.2) is 9.37 Å². The molecule has 0 atom stereocenters. The van der Waals surface area contributed by atoms with Crippen LogP contribution in [0.3, 0.4) is 0 Å². The average Bonchev–Trinajstić information content (AvgIpc) is 3.39. The first kappa shape index (κ1) is 26.8. The molecule has 0 saturated heterocycles. The number of amidine groups is 1. The molecule has 1 aliphatic carbocycles. The van der Waals surface area contributed by atoms with Crippen LogP contribution in [-0.2, 0) is 6.61 Å². The van der Waals surface area contributed by atoms with Crippen LogP contribution < -0.4 is 10.5 Å². The van der Waals surface area contributed by atoms with E-state index < -0.39 is 5.82 Å². The number of rotatable bonds is 7. The third-order valence-electron chi connectivity index (χ3n) is 7.78. The highest BCUT2D eigenvalue weighted by atomic mass is 35.5. The van der Waals surface area contributed by atoms with Gasteiger partial charge in [-0.1, -0.05) is 72.4 Å². The molecule has 6 nitrogen and oxygen atoms in total. The van der Waals surface area contributed by atoms with E-state index >= 15 is 4.39 Å². The number of aromatic nitrogens is 2. The van der Waals surface area contributed by atoms with Gasteiger partial charge in [0.05, 0.1) is 16.6 Å². The van der Waals surface area contributed by atoms with Gasteiger partial charge in [0.15, 0.2) is 5.84 Å². The van der Waals surface area contributed by atoms with Gasteiger partial charge in [-0.05, 0) is 72.0 Å². The van der Waals surface area contributed by atoms with Crippen molar-refractivity contribution in [3.63, 3.8) is 0 Å². The normalized spacial score (nSPS) is 14.4. The topological polar surface area (TPSA) is 85.7 Å². The van der Waals surface area contributed by atoms with Gasteiger partial charge in [0, 0.05) is 22.7 Å². The summed E-state index contributed by atoms with van der Waals surface area (Å²) < 4.78 is 24.0. The molecule has 1 aromatic heterocycles. The van der Waals surface area contributed by atoms with E-state index in [-0.39, 0.29) is 12.4 Å². The minimum atomic E-state index is -0.391. The van der Waals surface area contributed by atoms with Crippen LogP contribution in [0.5, 0.6) is 5.75 Å². The standard InChI is InChI=1S/C33H30ClFN4O2/c34-24-13-10-21(11-14-24)27-16-12-22(32(36)38-40)18-23(27)20-41-26-15-17-28(29(35)19-26)33-37-30-8-4-5-9-31(30)39(33)25-6-2-1-3-7-25/h4-5,8-19,25,40H,1-3,6-7,20H2,(H2,36,38). The Morgan fingerprint density at radius 1 is 0.976 bits per heavy atom. The van der Waals surface area contributed by atoms with Gasteiger partial charge in [-0.15, -0.1) is 0 Å². The summed E-state index contributed by atoms with van der Waals surface area (Å²) in [6.07, 6.45) is 5.70. The van der Waals surface area contributed by atoms with E-state index in [0.717, 1.165) is 40.6 Å². The van der Waals surface area contributed by atoms with Crippen molar-refractivity contribution in [3.8, 4) is 28.3 Å². The maximum absolute atomic E-state index is 15.7. The highest BCUT2D eigenvalue weighted by Crippen LogP contribution is 2.37. The fraction of sp³-hybridized carbons (Fsp3) is 0.212. The van der Waals surface area contributed by atoms with Crippen LogP contribution in [0.4, 0.5) is 4.39 Å². The zero-order chi connectivity index (χ0) is 28.3. The summed E-state index contributed by atoms with van der Waals surface area (Å²) in [6, 6.07) is 26.2. The molecule has 41 heavy (non-hydrogen) atoms. The van der Waals surface area contributed by atoms with Gasteiger partial charge < -0.3 is 20.2 Å². The van der Waals surface area contributed by atoms with Crippen LogP contribution in [0.1, 0.15) is 49.3 Å². The quantitative estimate of drug-likeness (QED) is 0.0894. The monoisotopic (exact) mass is 568 g/mol. The molecule has 0 bridgehead atoms. The lowest BCUT2D eigenvalue weighted by atomic mass is 9.95. The number of hydrogen-bond acceptors (Lipinski definition) is 4. The highest BCUT2D eigenvalue weighted by Gasteiger charge is 2.24. The summed E-state index contributed by atoms with van der Waals surface area (Å²) in [5.74, 6) is 0.643. The second-order valence-electron chi connectivity index (χ2n) is 10.4. The number of ether oxygens (including phenoxy) is 1.